The van der Waals surface area contributed by atoms with Gasteiger partial charge in [-0.05, 0) is 43.2 Å². The quantitative estimate of drug-likeness (QED) is 0.724. The van der Waals surface area contributed by atoms with Gasteiger partial charge in [0.15, 0.2) is 0 Å². The summed E-state index contributed by atoms with van der Waals surface area (Å²) < 4.78 is 0. The molecule has 0 unspecified atom stereocenters. The number of aryl methyl sites for hydroxylation is 1. The molecule has 0 aliphatic heterocycles. The molecule has 0 amide bonds. The maximum atomic E-state index is 4.42. The van der Waals surface area contributed by atoms with Crippen LogP contribution in [-0.4, -0.2) is 4.98 Å². The fourth-order valence-corrected chi connectivity index (χ4v) is 2.62. The van der Waals surface area contributed by atoms with Gasteiger partial charge in [-0.2, -0.15) is 0 Å². The molecule has 0 spiro atoms. The molecule has 2 nitrogen and oxygen atoms in total. The lowest BCUT2D eigenvalue weighted by Crippen LogP contribution is -2.18. The SMILES string of the molecule is Cc1ccc([C@@H](C)NCc2cccc(-c3ccccn3)c2)cc1. The zero-order valence-corrected chi connectivity index (χ0v) is 13.7. The Morgan fingerprint density at radius 3 is 2.52 bits per heavy atom. The largest absolute Gasteiger partial charge is 0.306 e. The summed E-state index contributed by atoms with van der Waals surface area (Å²) >= 11 is 0. The Kier molecular flexibility index (Phi) is 4.84. The molecule has 0 aliphatic carbocycles. The third-order valence-corrected chi connectivity index (χ3v) is 4.08. The highest BCUT2D eigenvalue weighted by Crippen LogP contribution is 2.19. The number of nitrogens with zero attached hydrogens (tertiary/aromatic N) is 1. The van der Waals surface area contributed by atoms with Gasteiger partial charge in [-0.25, -0.2) is 0 Å². The van der Waals surface area contributed by atoms with E-state index in [1.165, 1.54) is 16.7 Å². The van der Waals surface area contributed by atoms with E-state index in [9.17, 15) is 0 Å². The van der Waals surface area contributed by atoms with Crippen molar-refractivity contribution in [1.29, 1.82) is 0 Å². The number of pyridine rings is 1. The summed E-state index contributed by atoms with van der Waals surface area (Å²) in [6.07, 6.45) is 1.83. The predicted molar refractivity (Wildman–Crippen MR) is 96.1 cm³/mol. The summed E-state index contributed by atoms with van der Waals surface area (Å²) in [7, 11) is 0. The van der Waals surface area contributed by atoms with Gasteiger partial charge in [0.2, 0.25) is 0 Å². The summed E-state index contributed by atoms with van der Waals surface area (Å²) in [6, 6.07) is 23.6. The topological polar surface area (TPSA) is 24.9 Å². The minimum Gasteiger partial charge on any atom is -0.306 e. The van der Waals surface area contributed by atoms with Crippen molar-refractivity contribution >= 4 is 0 Å². The Balaban J connectivity index is 1.68. The molecule has 3 aromatic rings. The van der Waals surface area contributed by atoms with Gasteiger partial charge in [0.25, 0.3) is 0 Å². The number of hydrogen-bond acceptors (Lipinski definition) is 2. The number of benzene rings is 2. The normalized spacial score (nSPS) is 12.1. The van der Waals surface area contributed by atoms with Gasteiger partial charge in [0.05, 0.1) is 5.69 Å². The highest BCUT2D eigenvalue weighted by molar-refractivity contribution is 5.59. The second-order valence-electron chi connectivity index (χ2n) is 5.93. The van der Waals surface area contributed by atoms with Crippen LogP contribution in [0.4, 0.5) is 0 Å². The van der Waals surface area contributed by atoms with Gasteiger partial charge < -0.3 is 5.32 Å². The lowest BCUT2D eigenvalue weighted by atomic mass is 10.0. The van der Waals surface area contributed by atoms with E-state index >= 15 is 0 Å². The van der Waals surface area contributed by atoms with Crippen LogP contribution in [0.5, 0.6) is 0 Å². The fourth-order valence-electron chi connectivity index (χ4n) is 2.62. The Bertz CT molecular complexity index is 748. The second kappa shape index (κ2) is 7.21. The molecule has 0 saturated heterocycles. The smallest absolute Gasteiger partial charge is 0.0702 e. The summed E-state index contributed by atoms with van der Waals surface area (Å²) in [4.78, 5) is 4.42. The van der Waals surface area contributed by atoms with Crippen LogP contribution in [0.25, 0.3) is 11.3 Å². The van der Waals surface area contributed by atoms with Gasteiger partial charge in [0, 0.05) is 24.3 Å². The molecular formula is C21H22N2. The molecule has 2 aromatic carbocycles. The second-order valence-corrected chi connectivity index (χ2v) is 5.93. The van der Waals surface area contributed by atoms with E-state index in [4.69, 9.17) is 0 Å². The van der Waals surface area contributed by atoms with Gasteiger partial charge in [-0.3, -0.25) is 4.98 Å². The number of hydrogen-bond donors (Lipinski definition) is 1. The first-order valence-corrected chi connectivity index (χ1v) is 8.03. The van der Waals surface area contributed by atoms with Crippen LogP contribution < -0.4 is 5.32 Å². The van der Waals surface area contributed by atoms with Crippen molar-refractivity contribution in [1.82, 2.24) is 10.3 Å². The Hall–Kier alpha value is -2.45. The van der Waals surface area contributed by atoms with E-state index in [-0.39, 0.29) is 0 Å². The van der Waals surface area contributed by atoms with Crippen molar-refractivity contribution in [2.24, 2.45) is 0 Å². The van der Waals surface area contributed by atoms with Gasteiger partial charge >= 0.3 is 0 Å². The monoisotopic (exact) mass is 302 g/mol. The van der Waals surface area contributed by atoms with Crippen LogP contribution in [0, 0.1) is 6.92 Å². The zero-order chi connectivity index (χ0) is 16.1. The van der Waals surface area contributed by atoms with E-state index in [1.54, 1.807) is 0 Å². The minimum atomic E-state index is 0.328. The zero-order valence-electron chi connectivity index (χ0n) is 13.7. The fraction of sp³-hybridized carbons (Fsp3) is 0.190. The standard InChI is InChI=1S/C21H22N2/c1-16-9-11-19(12-10-16)17(2)23-15-18-6-5-7-20(14-18)21-8-3-4-13-22-21/h3-14,17,23H,15H2,1-2H3/t17-/m1/s1. The number of nitrogens with one attached hydrogen (secondary N) is 1. The molecule has 3 rings (SSSR count). The van der Waals surface area contributed by atoms with E-state index in [1.807, 2.05) is 24.4 Å². The van der Waals surface area contributed by atoms with Crippen molar-refractivity contribution < 1.29 is 0 Å². The lowest BCUT2D eigenvalue weighted by molar-refractivity contribution is 0.574. The minimum absolute atomic E-state index is 0.328. The number of aromatic nitrogens is 1. The molecule has 116 valence electrons. The molecule has 0 saturated carbocycles. The van der Waals surface area contributed by atoms with E-state index in [2.05, 4.69) is 72.7 Å². The van der Waals surface area contributed by atoms with Crippen LogP contribution in [0.3, 0.4) is 0 Å². The molecule has 1 aromatic heterocycles. The van der Waals surface area contributed by atoms with Crippen molar-refractivity contribution in [3.63, 3.8) is 0 Å². The van der Waals surface area contributed by atoms with Crippen LogP contribution in [0.15, 0.2) is 72.9 Å². The molecule has 1 atom stereocenters. The third kappa shape index (κ3) is 4.05. The van der Waals surface area contributed by atoms with E-state index in [0.717, 1.165) is 17.8 Å². The van der Waals surface area contributed by atoms with Gasteiger partial charge in [0.1, 0.15) is 0 Å². The maximum absolute atomic E-state index is 4.42. The highest BCUT2D eigenvalue weighted by Gasteiger charge is 2.05. The van der Waals surface area contributed by atoms with Crippen molar-refractivity contribution in [2.45, 2.75) is 26.4 Å². The highest BCUT2D eigenvalue weighted by atomic mass is 14.9. The van der Waals surface area contributed by atoms with Crippen LogP contribution in [0.2, 0.25) is 0 Å². The van der Waals surface area contributed by atoms with Crippen LogP contribution in [0.1, 0.15) is 29.7 Å². The molecule has 1 heterocycles. The lowest BCUT2D eigenvalue weighted by Gasteiger charge is -2.15. The maximum Gasteiger partial charge on any atom is 0.0702 e. The Labute approximate surface area is 138 Å². The van der Waals surface area contributed by atoms with Gasteiger partial charge in [-0.15, -0.1) is 0 Å². The first kappa shape index (κ1) is 15.4. The molecule has 0 radical (unpaired) electrons. The third-order valence-electron chi connectivity index (χ3n) is 4.08. The van der Waals surface area contributed by atoms with E-state index in [0.29, 0.717) is 6.04 Å². The van der Waals surface area contributed by atoms with Crippen LogP contribution >= 0.6 is 0 Å². The van der Waals surface area contributed by atoms with Crippen molar-refractivity contribution in [2.75, 3.05) is 0 Å². The molecule has 0 aliphatic rings. The molecule has 0 bridgehead atoms. The first-order valence-electron chi connectivity index (χ1n) is 8.03. The van der Waals surface area contributed by atoms with Crippen LogP contribution in [-0.2, 0) is 6.54 Å². The summed E-state index contributed by atoms with van der Waals surface area (Å²) in [5.74, 6) is 0. The summed E-state index contributed by atoms with van der Waals surface area (Å²) in [5, 5.41) is 3.59. The molecular weight excluding hydrogens is 280 g/mol. The molecule has 0 fully saturated rings. The van der Waals surface area contributed by atoms with E-state index < -0.39 is 0 Å². The Morgan fingerprint density at radius 1 is 0.957 bits per heavy atom. The van der Waals surface area contributed by atoms with Gasteiger partial charge in [-0.1, -0.05) is 54.1 Å². The predicted octanol–water partition coefficient (Wildman–Crippen LogP) is 4.91. The van der Waals surface area contributed by atoms with Crippen molar-refractivity contribution in [3.8, 4) is 11.3 Å². The Morgan fingerprint density at radius 2 is 1.78 bits per heavy atom. The molecule has 1 N–H and O–H groups in total. The average Bonchev–Trinajstić information content (AvgIpc) is 2.61. The number of rotatable bonds is 5. The summed E-state index contributed by atoms with van der Waals surface area (Å²) in [5.41, 5.74) is 6.06. The summed E-state index contributed by atoms with van der Waals surface area (Å²) in [6.45, 7) is 5.16. The average molecular weight is 302 g/mol. The van der Waals surface area contributed by atoms with Crippen molar-refractivity contribution in [3.05, 3.63) is 89.6 Å². The molecule has 23 heavy (non-hydrogen) atoms. The molecule has 2 heteroatoms. The first-order chi connectivity index (χ1) is 11.2.